The minimum atomic E-state index is -1.01. The number of amides is 1. The lowest BCUT2D eigenvalue weighted by atomic mass is 9.85. The lowest BCUT2D eigenvalue weighted by Crippen LogP contribution is -2.43. The number of aryl methyl sites for hydroxylation is 2. The Morgan fingerprint density at radius 3 is 2.33 bits per heavy atom. The molecule has 1 saturated heterocycles. The summed E-state index contributed by atoms with van der Waals surface area (Å²) in [5.74, 6) is -0.426. The van der Waals surface area contributed by atoms with Gasteiger partial charge in [-0.3, -0.25) is 4.79 Å². The van der Waals surface area contributed by atoms with Gasteiger partial charge in [-0.1, -0.05) is 20.8 Å². The Bertz CT molecular complexity index is 622. The Labute approximate surface area is 143 Å². The molecule has 1 N–H and O–H groups in total. The average molecular weight is 333 g/mol. The van der Waals surface area contributed by atoms with Crippen LogP contribution in [0.1, 0.15) is 55.1 Å². The van der Waals surface area contributed by atoms with Gasteiger partial charge in [0.1, 0.15) is 5.75 Å². The van der Waals surface area contributed by atoms with Crippen LogP contribution in [-0.4, -0.2) is 41.1 Å². The van der Waals surface area contributed by atoms with Crippen molar-refractivity contribution >= 4 is 11.9 Å². The molecule has 2 rings (SSSR count). The molecule has 0 aromatic heterocycles. The van der Waals surface area contributed by atoms with Crippen molar-refractivity contribution < 1.29 is 19.4 Å². The van der Waals surface area contributed by atoms with Crippen molar-refractivity contribution in [3.8, 4) is 5.75 Å². The normalized spacial score (nSPS) is 17.9. The minimum absolute atomic E-state index is 0.0448. The third-order valence-corrected chi connectivity index (χ3v) is 4.56. The van der Waals surface area contributed by atoms with Crippen molar-refractivity contribution in [1.82, 2.24) is 4.90 Å². The van der Waals surface area contributed by atoms with Crippen molar-refractivity contribution in [1.29, 1.82) is 0 Å². The molecule has 0 aliphatic carbocycles. The number of likely N-dealkylation sites (tertiary alicyclic amines) is 1. The molecule has 0 radical (unpaired) electrons. The summed E-state index contributed by atoms with van der Waals surface area (Å²) >= 11 is 0. The van der Waals surface area contributed by atoms with Gasteiger partial charge in [0.2, 0.25) is 0 Å². The van der Waals surface area contributed by atoms with Crippen LogP contribution in [0.25, 0.3) is 0 Å². The van der Waals surface area contributed by atoms with Gasteiger partial charge in [0.25, 0.3) is 5.91 Å². The van der Waals surface area contributed by atoms with E-state index in [1.165, 1.54) is 0 Å². The molecule has 1 fully saturated rings. The van der Waals surface area contributed by atoms with Gasteiger partial charge in [0.15, 0.2) is 6.61 Å². The van der Waals surface area contributed by atoms with Gasteiger partial charge in [-0.15, -0.1) is 0 Å². The van der Waals surface area contributed by atoms with Gasteiger partial charge in [0, 0.05) is 18.2 Å². The van der Waals surface area contributed by atoms with E-state index in [-0.39, 0.29) is 24.0 Å². The van der Waals surface area contributed by atoms with Gasteiger partial charge < -0.3 is 14.7 Å². The number of benzene rings is 1. The van der Waals surface area contributed by atoms with E-state index in [4.69, 9.17) is 9.84 Å². The van der Waals surface area contributed by atoms with Crippen LogP contribution in [0.2, 0.25) is 0 Å². The number of hydrogen-bond donors (Lipinski definition) is 1. The molecule has 132 valence electrons. The molecule has 1 aromatic rings. The second-order valence-electron chi connectivity index (χ2n) is 7.64. The first-order chi connectivity index (χ1) is 11.1. The molecular formula is C19H27NO4. The molecule has 1 atom stereocenters. The summed E-state index contributed by atoms with van der Waals surface area (Å²) in [6.45, 7) is 10.6. The van der Waals surface area contributed by atoms with Crippen molar-refractivity contribution in [2.75, 3.05) is 13.2 Å². The fourth-order valence-electron chi connectivity index (χ4n) is 3.51. The molecule has 24 heavy (non-hydrogen) atoms. The largest absolute Gasteiger partial charge is 0.481 e. The molecule has 1 aliphatic rings. The van der Waals surface area contributed by atoms with Crippen LogP contribution in [0.3, 0.4) is 0 Å². The minimum Gasteiger partial charge on any atom is -0.481 e. The molecule has 1 heterocycles. The molecule has 5 heteroatoms. The average Bonchev–Trinajstić information content (AvgIpc) is 2.94. The number of carbonyl (C=O) groups is 2. The third-order valence-electron chi connectivity index (χ3n) is 4.56. The molecule has 1 aliphatic heterocycles. The van der Waals surface area contributed by atoms with Crippen molar-refractivity contribution in [3.63, 3.8) is 0 Å². The Hall–Kier alpha value is -2.04. The molecule has 1 amide bonds. The van der Waals surface area contributed by atoms with E-state index in [9.17, 15) is 9.59 Å². The highest BCUT2D eigenvalue weighted by molar-refractivity contribution is 5.95. The number of aliphatic carboxylic acids is 1. The van der Waals surface area contributed by atoms with Crippen LogP contribution in [0.4, 0.5) is 0 Å². The third kappa shape index (κ3) is 3.89. The molecule has 0 saturated carbocycles. The zero-order valence-corrected chi connectivity index (χ0v) is 15.2. The Morgan fingerprint density at radius 1 is 1.25 bits per heavy atom. The van der Waals surface area contributed by atoms with E-state index in [2.05, 4.69) is 20.8 Å². The first-order valence-electron chi connectivity index (χ1n) is 8.38. The number of rotatable bonds is 4. The highest BCUT2D eigenvalue weighted by Crippen LogP contribution is 2.34. The lowest BCUT2D eigenvalue weighted by molar-refractivity contribution is -0.139. The highest BCUT2D eigenvalue weighted by atomic mass is 16.5. The molecule has 1 aromatic carbocycles. The molecular weight excluding hydrogens is 306 g/mol. The van der Waals surface area contributed by atoms with Crippen molar-refractivity contribution in [3.05, 3.63) is 28.8 Å². The van der Waals surface area contributed by atoms with Crippen molar-refractivity contribution in [2.24, 2.45) is 5.41 Å². The first kappa shape index (κ1) is 18.3. The van der Waals surface area contributed by atoms with Gasteiger partial charge in [-0.2, -0.15) is 0 Å². The van der Waals surface area contributed by atoms with Crippen LogP contribution in [-0.2, 0) is 4.79 Å². The summed E-state index contributed by atoms with van der Waals surface area (Å²) in [4.78, 5) is 25.6. The second-order valence-corrected chi connectivity index (χ2v) is 7.64. The number of ether oxygens (including phenoxy) is 1. The van der Waals surface area contributed by atoms with E-state index in [1.807, 2.05) is 18.7 Å². The number of carbonyl (C=O) groups excluding carboxylic acids is 1. The molecule has 0 spiro atoms. The number of carboxylic acids is 1. The Kier molecular flexibility index (Phi) is 5.21. The topological polar surface area (TPSA) is 66.8 Å². The van der Waals surface area contributed by atoms with E-state index in [0.29, 0.717) is 11.3 Å². The highest BCUT2D eigenvalue weighted by Gasteiger charge is 2.37. The van der Waals surface area contributed by atoms with Gasteiger partial charge in [-0.05, 0) is 55.4 Å². The van der Waals surface area contributed by atoms with E-state index >= 15 is 0 Å². The summed E-state index contributed by atoms with van der Waals surface area (Å²) in [5.41, 5.74) is 2.27. The van der Waals surface area contributed by atoms with Crippen LogP contribution in [0.15, 0.2) is 12.1 Å². The summed E-state index contributed by atoms with van der Waals surface area (Å²) in [7, 11) is 0. The van der Waals surface area contributed by atoms with Gasteiger partial charge in [0.05, 0.1) is 0 Å². The van der Waals surface area contributed by atoms with E-state index in [1.54, 1.807) is 12.1 Å². The SMILES string of the molecule is Cc1cc(C(=O)N2CCCC2C(C)(C)C)cc(C)c1OCC(=O)O. The van der Waals surface area contributed by atoms with E-state index < -0.39 is 5.97 Å². The van der Waals surface area contributed by atoms with Gasteiger partial charge in [-0.25, -0.2) is 4.79 Å². The first-order valence-corrected chi connectivity index (χ1v) is 8.38. The fourth-order valence-corrected chi connectivity index (χ4v) is 3.51. The van der Waals surface area contributed by atoms with Crippen molar-refractivity contribution in [2.45, 2.75) is 53.5 Å². The molecule has 5 nitrogen and oxygen atoms in total. The zero-order valence-electron chi connectivity index (χ0n) is 15.2. The quantitative estimate of drug-likeness (QED) is 0.917. The lowest BCUT2D eigenvalue weighted by Gasteiger charge is -2.35. The summed E-state index contributed by atoms with van der Waals surface area (Å²) in [5, 5.41) is 8.76. The number of nitrogens with zero attached hydrogens (tertiary/aromatic N) is 1. The maximum Gasteiger partial charge on any atom is 0.341 e. The predicted molar refractivity (Wildman–Crippen MR) is 92.6 cm³/mol. The predicted octanol–water partition coefficient (Wildman–Crippen LogP) is 3.42. The second kappa shape index (κ2) is 6.83. The maximum atomic E-state index is 13.0. The molecule has 0 bridgehead atoms. The summed E-state index contributed by atoms with van der Waals surface area (Å²) in [6, 6.07) is 3.84. The molecule has 1 unspecified atom stereocenters. The monoisotopic (exact) mass is 333 g/mol. The Balaban J connectivity index is 2.26. The smallest absolute Gasteiger partial charge is 0.341 e. The number of hydrogen-bond acceptors (Lipinski definition) is 3. The van der Waals surface area contributed by atoms with E-state index in [0.717, 1.165) is 30.5 Å². The number of carboxylic acid groups (broad SMARTS) is 1. The van der Waals surface area contributed by atoms with Gasteiger partial charge >= 0.3 is 5.97 Å². The zero-order chi connectivity index (χ0) is 18.1. The summed E-state index contributed by atoms with van der Waals surface area (Å²) in [6.07, 6.45) is 2.07. The standard InChI is InChI=1S/C19H27NO4/c1-12-9-14(10-13(2)17(12)24-11-16(21)22)18(23)20-8-6-7-15(20)19(3,4)5/h9-10,15H,6-8,11H2,1-5H3,(H,21,22). The fraction of sp³-hybridized carbons (Fsp3) is 0.579. The Morgan fingerprint density at radius 2 is 1.83 bits per heavy atom. The summed E-state index contributed by atoms with van der Waals surface area (Å²) < 4.78 is 5.34. The maximum absolute atomic E-state index is 13.0. The van der Waals surface area contributed by atoms with Crippen LogP contribution < -0.4 is 4.74 Å². The van der Waals surface area contributed by atoms with Crippen LogP contribution in [0.5, 0.6) is 5.75 Å². The van der Waals surface area contributed by atoms with Crippen LogP contribution >= 0.6 is 0 Å². The van der Waals surface area contributed by atoms with Crippen LogP contribution in [0, 0.1) is 19.3 Å².